The Morgan fingerprint density at radius 2 is 2.00 bits per heavy atom. The highest BCUT2D eigenvalue weighted by Gasteiger charge is 2.26. The number of Topliss-reactive ketones (excluding diaryl/α,β-unsaturated/α-hetero) is 1. The summed E-state index contributed by atoms with van der Waals surface area (Å²) in [7, 11) is 0. The second kappa shape index (κ2) is 6.23. The molecule has 5 heteroatoms. The van der Waals surface area contributed by atoms with Crippen molar-refractivity contribution in [3.05, 3.63) is 75.7 Å². The predicted molar refractivity (Wildman–Crippen MR) is 86.8 cm³/mol. The van der Waals surface area contributed by atoms with E-state index in [1.165, 1.54) is 12.3 Å². The number of rotatable bonds is 4. The third-order valence-electron chi connectivity index (χ3n) is 3.43. The summed E-state index contributed by atoms with van der Waals surface area (Å²) in [6, 6.07) is 11.3. The molecular weight excluding hydrogens is 344 g/mol. The normalized spacial score (nSPS) is 13.6. The molecule has 0 aliphatic heterocycles. The Bertz CT molecular complexity index is 784. The third-order valence-corrected chi connectivity index (χ3v) is 3.92. The van der Waals surface area contributed by atoms with E-state index in [9.17, 15) is 9.59 Å². The monoisotopic (exact) mass is 356 g/mol. The van der Waals surface area contributed by atoms with Crippen molar-refractivity contribution < 1.29 is 9.59 Å². The molecule has 1 heterocycles. The largest absolute Gasteiger partial charge is 0.381 e. The molecule has 1 aromatic carbocycles. The minimum absolute atomic E-state index is 0.187. The van der Waals surface area contributed by atoms with E-state index >= 15 is 0 Å². The summed E-state index contributed by atoms with van der Waals surface area (Å²) < 4.78 is 1.02. The Labute approximate surface area is 136 Å². The topological polar surface area (TPSA) is 59.1 Å². The predicted octanol–water partition coefficient (Wildman–Crippen LogP) is 2.94. The zero-order valence-electron chi connectivity index (χ0n) is 11.7. The van der Waals surface area contributed by atoms with Crippen LogP contribution < -0.4 is 5.32 Å². The van der Waals surface area contributed by atoms with Crippen LogP contribution in [0.15, 0.2) is 58.8 Å². The lowest BCUT2D eigenvalue weighted by atomic mass is 9.97. The van der Waals surface area contributed by atoms with Gasteiger partial charge in [0.15, 0.2) is 5.78 Å². The molecule has 0 saturated carbocycles. The molecule has 1 aliphatic rings. The number of allylic oxidation sites excluding steroid dienone is 2. The van der Waals surface area contributed by atoms with Crippen LogP contribution in [0, 0.1) is 0 Å². The minimum Gasteiger partial charge on any atom is -0.381 e. The minimum atomic E-state index is -0.232. The number of halogens is 1. The number of nitrogens with one attached hydrogen (secondary N) is 1. The first-order chi connectivity index (χ1) is 10.6. The smallest absolute Gasteiger partial charge is 0.228 e. The van der Waals surface area contributed by atoms with Gasteiger partial charge in [-0.1, -0.05) is 28.1 Å². The Hall–Kier alpha value is -2.27. The maximum Gasteiger partial charge on any atom is 0.228 e. The van der Waals surface area contributed by atoms with Crippen LogP contribution in [0.4, 0.5) is 0 Å². The van der Waals surface area contributed by atoms with E-state index < -0.39 is 0 Å². The van der Waals surface area contributed by atoms with Crippen LogP contribution in [0.1, 0.15) is 26.4 Å². The fourth-order valence-corrected chi connectivity index (χ4v) is 2.80. The molecule has 0 fully saturated rings. The number of carbonyl (C=O) groups is 2. The molecule has 1 N–H and O–H groups in total. The fraction of sp³-hybridized carbons (Fsp3) is 0.118. The first-order valence-corrected chi connectivity index (χ1v) is 7.68. The lowest BCUT2D eigenvalue weighted by Crippen LogP contribution is -2.29. The lowest BCUT2D eigenvalue weighted by Gasteiger charge is -2.15. The van der Waals surface area contributed by atoms with Crippen molar-refractivity contribution >= 4 is 27.5 Å². The summed E-state index contributed by atoms with van der Waals surface area (Å²) >= 11 is 3.43. The number of aromatic nitrogens is 1. The van der Waals surface area contributed by atoms with Crippen LogP contribution >= 0.6 is 15.9 Å². The Kier molecular flexibility index (Phi) is 4.15. The van der Waals surface area contributed by atoms with Crippen molar-refractivity contribution in [2.75, 3.05) is 6.54 Å². The van der Waals surface area contributed by atoms with E-state index in [0.29, 0.717) is 17.8 Å². The number of pyridine rings is 1. The molecule has 1 aromatic heterocycles. The zero-order chi connectivity index (χ0) is 15.5. The quantitative estimate of drug-likeness (QED) is 0.914. The van der Waals surface area contributed by atoms with E-state index in [4.69, 9.17) is 0 Å². The Balaban J connectivity index is 1.69. The van der Waals surface area contributed by atoms with Crippen molar-refractivity contribution in [2.24, 2.45) is 0 Å². The number of benzene rings is 1. The van der Waals surface area contributed by atoms with Crippen molar-refractivity contribution in [2.45, 2.75) is 6.42 Å². The van der Waals surface area contributed by atoms with E-state index in [1.54, 1.807) is 12.1 Å². The average Bonchev–Trinajstić information content (AvgIpc) is 2.52. The molecule has 0 bridgehead atoms. The molecule has 0 spiro atoms. The van der Waals surface area contributed by atoms with Gasteiger partial charge in [-0.05, 0) is 36.2 Å². The van der Waals surface area contributed by atoms with Gasteiger partial charge in [-0.15, -0.1) is 0 Å². The molecule has 0 amide bonds. The molecule has 110 valence electrons. The zero-order valence-corrected chi connectivity index (χ0v) is 13.3. The van der Waals surface area contributed by atoms with Crippen molar-refractivity contribution in [3.63, 3.8) is 0 Å². The van der Waals surface area contributed by atoms with Crippen LogP contribution in [0.2, 0.25) is 0 Å². The lowest BCUT2D eigenvalue weighted by molar-refractivity contribution is 0.0974. The van der Waals surface area contributed by atoms with Gasteiger partial charge in [0.25, 0.3) is 0 Å². The summed E-state index contributed by atoms with van der Waals surface area (Å²) in [4.78, 5) is 28.3. The summed E-state index contributed by atoms with van der Waals surface area (Å²) in [6.07, 6.45) is 3.63. The van der Waals surface area contributed by atoms with E-state index in [1.807, 2.05) is 24.3 Å². The van der Waals surface area contributed by atoms with Crippen LogP contribution in [0.5, 0.6) is 0 Å². The third kappa shape index (κ3) is 2.99. The number of fused-ring (bicyclic) bond motifs is 1. The van der Waals surface area contributed by atoms with Gasteiger partial charge in [0.2, 0.25) is 5.78 Å². The first-order valence-electron chi connectivity index (χ1n) is 6.89. The number of hydrogen-bond acceptors (Lipinski definition) is 4. The molecule has 22 heavy (non-hydrogen) atoms. The van der Waals surface area contributed by atoms with E-state index in [-0.39, 0.29) is 17.3 Å². The van der Waals surface area contributed by atoms with Gasteiger partial charge in [-0.25, -0.2) is 0 Å². The van der Waals surface area contributed by atoms with Crippen LogP contribution in [-0.4, -0.2) is 23.1 Å². The van der Waals surface area contributed by atoms with Gasteiger partial charge < -0.3 is 5.32 Å². The first kappa shape index (κ1) is 14.7. The van der Waals surface area contributed by atoms with Gasteiger partial charge in [0.05, 0.1) is 11.3 Å². The SMILES string of the molecule is O=C1C=C(NCCc2cccc(Br)c2)C(=O)c2ncccc21. The molecule has 3 rings (SSSR count). The fourth-order valence-electron chi connectivity index (χ4n) is 2.35. The molecule has 0 atom stereocenters. The molecule has 0 saturated heterocycles. The van der Waals surface area contributed by atoms with Gasteiger partial charge in [0, 0.05) is 23.3 Å². The molecule has 0 radical (unpaired) electrons. The summed E-state index contributed by atoms with van der Waals surface area (Å²) in [5.74, 6) is -0.419. The summed E-state index contributed by atoms with van der Waals surface area (Å²) in [5.41, 5.74) is 2.05. The summed E-state index contributed by atoms with van der Waals surface area (Å²) in [5, 5.41) is 3.05. The number of hydrogen-bond donors (Lipinski definition) is 1. The maximum atomic E-state index is 12.3. The summed E-state index contributed by atoms with van der Waals surface area (Å²) in [6.45, 7) is 0.573. The molecule has 2 aromatic rings. The maximum absolute atomic E-state index is 12.3. The second-order valence-corrected chi connectivity index (χ2v) is 5.87. The van der Waals surface area contributed by atoms with Crippen molar-refractivity contribution in [1.29, 1.82) is 0 Å². The van der Waals surface area contributed by atoms with Gasteiger partial charge >= 0.3 is 0 Å². The van der Waals surface area contributed by atoms with Crippen LogP contribution in [0.3, 0.4) is 0 Å². The van der Waals surface area contributed by atoms with E-state index in [2.05, 4.69) is 26.2 Å². The molecule has 1 aliphatic carbocycles. The number of carbonyl (C=O) groups excluding carboxylic acids is 2. The van der Waals surface area contributed by atoms with Crippen molar-refractivity contribution in [1.82, 2.24) is 10.3 Å². The highest BCUT2D eigenvalue weighted by atomic mass is 79.9. The Morgan fingerprint density at radius 3 is 2.82 bits per heavy atom. The van der Waals surface area contributed by atoms with Crippen LogP contribution in [-0.2, 0) is 6.42 Å². The second-order valence-electron chi connectivity index (χ2n) is 4.96. The molecule has 4 nitrogen and oxygen atoms in total. The van der Waals surface area contributed by atoms with Gasteiger partial charge in [-0.2, -0.15) is 0 Å². The highest BCUT2D eigenvalue weighted by molar-refractivity contribution is 9.10. The highest BCUT2D eigenvalue weighted by Crippen LogP contribution is 2.18. The number of ketones is 2. The standard InChI is InChI=1S/C17H13BrN2O2/c18-12-4-1-3-11(9-12)6-8-19-14-10-15(21)13-5-2-7-20-16(13)17(14)22/h1-5,7,9-10,19H,6,8H2. The number of nitrogens with zero attached hydrogens (tertiary/aromatic N) is 1. The van der Waals surface area contributed by atoms with E-state index in [0.717, 1.165) is 16.5 Å². The molecule has 0 unspecified atom stereocenters. The van der Waals surface area contributed by atoms with Gasteiger partial charge in [0.1, 0.15) is 5.69 Å². The average molecular weight is 357 g/mol. The molecular formula is C17H13BrN2O2. The van der Waals surface area contributed by atoms with Gasteiger partial charge in [-0.3, -0.25) is 14.6 Å². The Morgan fingerprint density at radius 1 is 1.14 bits per heavy atom. The van der Waals surface area contributed by atoms with Crippen LogP contribution in [0.25, 0.3) is 0 Å². The van der Waals surface area contributed by atoms with Crippen molar-refractivity contribution in [3.8, 4) is 0 Å².